The van der Waals surface area contributed by atoms with E-state index in [1.165, 1.54) is 12.1 Å². The van der Waals surface area contributed by atoms with E-state index in [2.05, 4.69) is 0 Å². The summed E-state index contributed by atoms with van der Waals surface area (Å²) in [6.45, 7) is 1.85. The Balaban J connectivity index is 1.47. The molecular formula is C22H25FN2O2. The minimum absolute atomic E-state index is 0.00631. The molecule has 5 heteroatoms. The highest BCUT2D eigenvalue weighted by molar-refractivity contribution is 5.79. The SMILES string of the molecule is CN(Cc1ccccc1)C(=O)CC1CCN(C(=O)Cc2cccc(F)c2)C1. The summed E-state index contributed by atoms with van der Waals surface area (Å²) in [5.41, 5.74) is 1.79. The average molecular weight is 368 g/mol. The van der Waals surface area contributed by atoms with Crippen molar-refractivity contribution in [2.75, 3.05) is 20.1 Å². The number of benzene rings is 2. The van der Waals surface area contributed by atoms with Crippen molar-refractivity contribution in [1.29, 1.82) is 0 Å². The monoisotopic (exact) mass is 368 g/mol. The van der Waals surface area contributed by atoms with E-state index in [-0.39, 0.29) is 30.0 Å². The van der Waals surface area contributed by atoms with Crippen LogP contribution in [0.25, 0.3) is 0 Å². The fourth-order valence-electron chi connectivity index (χ4n) is 3.51. The van der Waals surface area contributed by atoms with Crippen LogP contribution < -0.4 is 0 Å². The van der Waals surface area contributed by atoms with E-state index in [4.69, 9.17) is 0 Å². The number of carbonyl (C=O) groups excluding carboxylic acids is 2. The lowest BCUT2D eigenvalue weighted by molar-refractivity contribution is -0.132. The molecule has 2 aromatic rings. The lowest BCUT2D eigenvalue weighted by Gasteiger charge is -2.20. The lowest BCUT2D eigenvalue weighted by Crippen LogP contribution is -2.32. The molecule has 1 heterocycles. The summed E-state index contributed by atoms with van der Waals surface area (Å²) in [7, 11) is 1.82. The molecule has 0 aliphatic carbocycles. The summed E-state index contributed by atoms with van der Waals surface area (Å²) >= 11 is 0. The van der Waals surface area contributed by atoms with Gasteiger partial charge in [-0.25, -0.2) is 4.39 Å². The number of carbonyl (C=O) groups is 2. The van der Waals surface area contributed by atoms with Crippen LogP contribution in [0.4, 0.5) is 4.39 Å². The largest absolute Gasteiger partial charge is 0.342 e. The van der Waals surface area contributed by atoms with Crippen LogP contribution >= 0.6 is 0 Å². The predicted octanol–water partition coefficient (Wildman–Crippen LogP) is 3.27. The number of hydrogen-bond acceptors (Lipinski definition) is 2. The maximum Gasteiger partial charge on any atom is 0.227 e. The third-order valence-electron chi connectivity index (χ3n) is 5.03. The van der Waals surface area contributed by atoms with E-state index in [9.17, 15) is 14.0 Å². The molecule has 2 amide bonds. The third kappa shape index (κ3) is 5.39. The van der Waals surface area contributed by atoms with Crippen molar-refractivity contribution in [1.82, 2.24) is 9.80 Å². The number of nitrogens with zero attached hydrogens (tertiary/aromatic N) is 2. The quantitative estimate of drug-likeness (QED) is 0.785. The van der Waals surface area contributed by atoms with Crippen molar-refractivity contribution in [3.8, 4) is 0 Å². The molecule has 142 valence electrons. The second-order valence-corrected chi connectivity index (χ2v) is 7.24. The molecule has 2 aromatic carbocycles. The Labute approximate surface area is 159 Å². The van der Waals surface area contributed by atoms with Crippen LogP contribution in [-0.2, 0) is 22.6 Å². The molecule has 3 rings (SSSR count). The van der Waals surface area contributed by atoms with Gasteiger partial charge in [0, 0.05) is 33.1 Å². The van der Waals surface area contributed by atoms with Crippen LogP contribution in [0, 0.1) is 11.7 Å². The van der Waals surface area contributed by atoms with Gasteiger partial charge in [0.2, 0.25) is 11.8 Å². The maximum atomic E-state index is 13.3. The van der Waals surface area contributed by atoms with Crippen LogP contribution in [0.2, 0.25) is 0 Å². The molecule has 0 N–H and O–H groups in total. The summed E-state index contributed by atoms with van der Waals surface area (Å²) in [6, 6.07) is 16.0. The molecule has 1 saturated heterocycles. The van der Waals surface area contributed by atoms with Crippen LogP contribution in [0.5, 0.6) is 0 Å². The Morgan fingerprint density at radius 3 is 2.59 bits per heavy atom. The molecule has 0 spiro atoms. The standard InChI is InChI=1S/C22H25FN2O2/c1-24(15-17-6-3-2-4-7-17)21(26)14-19-10-11-25(16-19)22(27)13-18-8-5-9-20(23)12-18/h2-9,12,19H,10-11,13-16H2,1H3. The van der Waals surface area contributed by atoms with Crippen molar-refractivity contribution in [2.45, 2.75) is 25.8 Å². The zero-order valence-electron chi connectivity index (χ0n) is 15.6. The molecule has 0 saturated carbocycles. The molecule has 1 atom stereocenters. The van der Waals surface area contributed by atoms with Crippen molar-refractivity contribution >= 4 is 11.8 Å². The number of likely N-dealkylation sites (tertiary alicyclic amines) is 1. The van der Waals surface area contributed by atoms with Crippen molar-refractivity contribution in [2.24, 2.45) is 5.92 Å². The van der Waals surface area contributed by atoms with E-state index >= 15 is 0 Å². The van der Waals surface area contributed by atoms with Gasteiger partial charge in [-0.1, -0.05) is 42.5 Å². The number of halogens is 1. The number of amides is 2. The van der Waals surface area contributed by atoms with Gasteiger partial charge >= 0.3 is 0 Å². The van der Waals surface area contributed by atoms with E-state index in [1.54, 1.807) is 21.9 Å². The molecule has 1 fully saturated rings. The van der Waals surface area contributed by atoms with Crippen LogP contribution in [0.1, 0.15) is 24.0 Å². The van der Waals surface area contributed by atoms with Crippen molar-refractivity contribution in [3.05, 3.63) is 71.5 Å². The van der Waals surface area contributed by atoms with Gasteiger partial charge in [0.05, 0.1) is 6.42 Å². The highest BCUT2D eigenvalue weighted by Crippen LogP contribution is 2.22. The Bertz CT molecular complexity index is 794. The molecule has 0 radical (unpaired) electrons. The molecule has 4 nitrogen and oxygen atoms in total. The third-order valence-corrected chi connectivity index (χ3v) is 5.03. The average Bonchev–Trinajstić information content (AvgIpc) is 3.11. The molecule has 1 unspecified atom stereocenters. The Morgan fingerprint density at radius 1 is 1.11 bits per heavy atom. The zero-order chi connectivity index (χ0) is 19.2. The van der Waals surface area contributed by atoms with E-state index in [1.807, 2.05) is 37.4 Å². The Kier molecular flexibility index (Phi) is 6.22. The molecular weight excluding hydrogens is 343 g/mol. The van der Waals surface area contributed by atoms with E-state index in [0.29, 0.717) is 31.6 Å². The highest BCUT2D eigenvalue weighted by atomic mass is 19.1. The van der Waals surface area contributed by atoms with Gasteiger partial charge in [-0.2, -0.15) is 0 Å². The van der Waals surface area contributed by atoms with Crippen molar-refractivity contribution in [3.63, 3.8) is 0 Å². The first-order valence-electron chi connectivity index (χ1n) is 9.31. The first kappa shape index (κ1) is 19.1. The molecule has 1 aliphatic rings. The van der Waals surface area contributed by atoms with Gasteiger partial charge in [-0.15, -0.1) is 0 Å². The van der Waals surface area contributed by atoms with Gasteiger partial charge < -0.3 is 9.80 Å². The normalized spacial score (nSPS) is 16.4. The zero-order valence-corrected chi connectivity index (χ0v) is 15.6. The van der Waals surface area contributed by atoms with Crippen LogP contribution in [0.15, 0.2) is 54.6 Å². The van der Waals surface area contributed by atoms with Crippen LogP contribution in [-0.4, -0.2) is 41.8 Å². The number of rotatable bonds is 6. The molecule has 0 aromatic heterocycles. The first-order chi connectivity index (χ1) is 13.0. The van der Waals surface area contributed by atoms with Crippen LogP contribution in [0.3, 0.4) is 0 Å². The Morgan fingerprint density at radius 2 is 1.85 bits per heavy atom. The minimum atomic E-state index is -0.327. The van der Waals surface area contributed by atoms with E-state index in [0.717, 1.165) is 12.0 Å². The lowest BCUT2D eigenvalue weighted by atomic mass is 10.0. The first-order valence-corrected chi connectivity index (χ1v) is 9.31. The Hall–Kier alpha value is -2.69. The summed E-state index contributed by atoms with van der Waals surface area (Å²) in [5.74, 6) is -0.0460. The second-order valence-electron chi connectivity index (χ2n) is 7.24. The fraction of sp³-hybridized carbons (Fsp3) is 0.364. The van der Waals surface area contributed by atoms with Crippen molar-refractivity contribution < 1.29 is 14.0 Å². The summed E-state index contributed by atoms with van der Waals surface area (Å²) in [4.78, 5) is 28.5. The van der Waals surface area contributed by atoms with Gasteiger partial charge in [-0.3, -0.25) is 9.59 Å². The second kappa shape index (κ2) is 8.80. The minimum Gasteiger partial charge on any atom is -0.342 e. The predicted molar refractivity (Wildman–Crippen MR) is 102 cm³/mol. The topological polar surface area (TPSA) is 40.6 Å². The fourth-order valence-corrected chi connectivity index (χ4v) is 3.51. The van der Waals surface area contributed by atoms with Gasteiger partial charge in [0.25, 0.3) is 0 Å². The smallest absolute Gasteiger partial charge is 0.227 e. The summed E-state index contributed by atoms with van der Waals surface area (Å²) in [5, 5.41) is 0. The van der Waals surface area contributed by atoms with E-state index < -0.39 is 0 Å². The van der Waals surface area contributed by atoms with Gasteiger partial charge in [0.15, 0.2) is 0 Å². The molecule has 1 aliphatic heterocycles. The maximum absolute atomic E-state index is 13.3. The summed E-state index contributed by atoms with van der Waals surface area (Å²) in [6.07, 6.45) is 1.49. The summed E-state index contributed by atoms with van der Waals surface area (Å²) < 4.78 is 13.3. The molecule has 0 bridgehead atoms. The van der Waals surface area contributed by atoms with Gasteiger partial charge in [0.1, 0.15) is 5.82 Å². The van der Waals surface area contributed by atoms with Gasteiger partial charge in [-0.05, 0) is 35.6 Å². The highest BCUT2D eigenvalue weighted by Gasteiger charge is 2.28. The number of hydrogen-bond donors (Lipinski definition) is 0. The molecule has 27 heavy (non-hydrogen) atoms.